The highest BCUT2D eigenvalue weighted by Crippen LogP contribution is 2.34. The average molecular weight is 307 g/mol. The molecule has 1 saturated heterocycles. The van der Waals surface area contributed by atoms with Crippen LogP contribution in [0.5, 0.6) is 0 Å². The zero-order valence-electron chi connectivity index (χ0n) is 13.1. The third kappa shape index (κ3) is 3.81. The number of nitrogens with zero attached hydrogens (tertiary/aromatic N) is 3. The molecule has 1 aliphatic rings. The van der Waals surface area contributed by atoms with Gasteiger partial charge in [-0.1, -0.05) is 13.3 Å². The second-order valence-corrected chi connectivity index (χ2v) is 6.09. The van der Waals surface area contributed by atoms with Crippen LogP contribution in [0.25, 0.3) is 0 Å². The third-order valence-electron chi connectivity index (χ3n) is 4.51. The van der Waals surface area contributed by atoms with Crippen molar-refractivity contribution in [3.05, 3.63) is 24.3 Å². The van der Waals surface area contributed by atoms with Crippen LogP contribution in [-0.2, 0) is 11.2 Å². The summed E-state index contributed by atoms with van der Waals surface area (Å²) in [5.74, 6) is 0.0477. The molecule has 1 aliphatic heterocycles. The summed E-state index contributed by atoms with van der Waals surface area (Å²) in [7, 11) is 0. The lowest BCUT2D eigenvalue weighted by atomic mass is 9.74. The van der Waals surface area contributed by atoms with E-state index in [1.807, 2.05) is 6.92 Å². The molecule has 0 radical (unpaired) electrons. The standard InChI is InChI=1S/C16H25N3O3/c1-2-6-16(12-20)11-19(9-5-14(16)21)15(22)4-3-13-10-17-7-8-18-13/h7-8,10,14,20-21H,2-6,9,11-12H2,1H3/t14-,16+/m1/s1. The highest BCUT2D eigenvalue weighted by molar-refractivity contribution is 5.76. The van der Waals surface area contributed by atoms with Gasteiger partial charge >= 0.3 is 0 Å². The van der Waals surface area contributed by atoms with Crippen molar-refractivity contribution in [3.8, 4) is 0 Å². The fourth-order valence-electron chi connectivity index (χ4n) is 3.19. The summed E-state index contributed by atoms with van der Waals surface area (Å²) < 4.78 is 0. The van der Waals surface area contributed by atoms with Gasteiger partial charge in [0.1, 0.15) is 0 Å². The molecule has 2 atom stereocenters. The van der Waals surface area contributed by atoms with Gasteiger partial charge in [-0.15, -0.1) is 0 Å². The monoisotopic (exact) mass is 307 g/mol. The number of hydrogen-bond donors (Lipinski definition) is 2. The Hall–Kier alpha value is -1.53. The maximum absolute atomic E-state index is 12.4. The summed E-state index contributed by atoms with van der Waals surface area (Å²) in [4.78, 5) is 22.3. The molecular weight excluding hydrogens is 282 g/mol. The molecule has 1 fully saturated rings. The quantitative estimate of drug-likeness (QED) is 0.811. The molecule has 122 valence electrons. The number of rotatable bonds is 6. The van der Waals surface area contributed by atoms with Crippen LogP contribution in [0.3, 0.4) is 0 Å². The first-order valence-electron chi connectivity index (χ1n) is 7.93. The Balaban J connectivity index is 1.95. The van der Waals surface area contributed by atoms with Crippen molar-refractivity contribution in [3.63, 3.8) is 0 Å². The van der Waals surface area contributed by atoms with Crippen LogP contribution in [0, 0.1) is 5.41 Å². The molecular formula is C16H25N3O3. The van der Waals surface area contributed by atoms with Crippen molar-refractivity contribution in [1.29, 1.82) is 0 Å². The molecule has 1 amide bonds. The molecule has 1 aromatic rings. The average Bonchev–Trinajstić information content (AvgIpc) is 2.56. The van der Waals surface area contributed by atoms with Gasteiger partial charge < -0.3 is 15.1 Å². The Morgan fingerprint density at radius 2 is 2.32 bits per heavy atom. The van der Waals surface area contributed by atoms with Crippen molar-refractivity contribution in [2.75, 3.05) is 19.7 Å². The Bertz CT molecular complexity index is 483. The van der Waals surface area contributed by atoms with Gasteiger partial charge in [0.25, 0.3) is 0 Å². The van der Waals surface area contributed by atoms with E-state index in [2.05, 4.69) is 9.97 Å². The van der Waals surface area contributed by atoms with Crippen LogP contribution in [-0.4, -0.2) is 56.8 Å². The highest BCUT2D eigenvalue weighted by atomic mass is 16.3. The number of aryl methyl sites for hydroxylation is 1. The van der Waals surface area contributed by atoms with Crippen LogP contribution < -0.4 is 0 Å². The molecule has 6 nitrogen and oxygen atoms in total. The van der Waals surface area contributed by atoms with Crippen LogP contribution in [0.2, 0.25) is 0 Å². The van der Waals surface area contributed by atoms with Crippen molar-refractivity contribution < 1.29 is 15.0 Å². The van der Waals surface area contributed by atoms with E-state index in [0.29, 0.717) is 32.4 Å². The molecule has 2 N–H and O–H groups in total. The lowest BCUT2D eigenvalue weighted by Crippen LogP contribution is -2.55. The SMILES string of the molecule is CCC[C@@]1(CO)CN(C(=O)CCc2cnccn2)CC[C@H]1O. The number of aliphatic hydroxyl groups is 2. The van der Waals surface area contributed by atoms with E-state index in [1.165, 1.54) is 0 Å². The number of aliphatic hydroxyl groups excluding tert-OH is 2. The summed E-state index contributed by atoms with van der Waals surface area (Å²) in [6, 6.07) is 0. The summed E-state index contributed by atoms with van der Waals surface area (Å²) in [6.07, 6.45) is 7.42. The molecule has 2 heterocycles. The molecule has 6 heteroatoms. The van der Waals surface area contributed by atoms with Gasteiger partial charge in [0.2, 0.25) is 5.91 Å². The molecule has 0 spiro atoms. The van der Waals surface area contributed by atoms with Gasteiger partial charge in [-0.3, -0.25) is 14.8 Å². The van der Waals surface area contributed by atoms with E-state index >= 15 is 0 Å². The Labute approximate surface area is 131 Å². The summed E-state index contributed by atoms with van der Waals surface area (Å²) in [5, 5.41) is 20.0. The number of aromatic nitrogens is 2. The second-order valence-electron chi connectivity index (χ2n) is 6.09. The molecule has 0 unspecified atom stereocenters. The van der Waals surface area contributed by atoms with Gasteiger partial charge in [-0.2, -0.15) is 0 Å². The lowest BCUT2D eigenvalue weighted by molar-refractivity contribution is -0.142. The first-order chi connectivity index (χ1) is 10.6. The van der Waals surface area contributed by atoms with Gasteiger partial charge in [0, 0.05) is 43.5 Å². The minimum Gasteiger partial charge on any atom is -0.396 e. The summed E-state index contributed by atoms with van der Waals surface area (Å²) >= 11 is 0. The number of hydrogen-bond acceptors (Lipinski definition) is 5. The maximum atomic E-state index is 12.4. The lowest BCUT2D eigenvalue weighted by Gasteiger charge is -2.45. The normalized spacial score (nSPS) is 25.2. The first kappa shape index (κ1) is 16.8. The van der Waals surface area contributed by atoms with E-state index in [-0.39, 0.29) is 12.5 Å². The summed E-state index contributed by atoms with van der Waals surface area (Å²) in [6.45, 7) is 2.92. The maximum Gasteiger partial charge on any atom is 0.222 e. The third-order valence-corrected chi connectivity index (χ3v) is 4.51. The topological polar surface area (TPSA) is 86.5 Å². The van der Waals surface area contributed by atoms with Gasteiger partial charge in [0.15, 0.2) is 0 Å². The van der Waals surface area contributed by atoms with E-state index in [4.69, 9.17) is 0 Å². The van der Waals surface area contributed by atoms with Crippen LogP contribution in [0.1, 0.15) is 38.3 Å². The number of carbonyl (C=O) groups excluding carboxylic acids is 1. The van der Waals surface area contributed by atoms with E-state index in [1.54, 1.807) is 23.5 Å². The first-order valence-corrected chi connectivity index (χ1v) is 7.93. The molecule has 0 aromatic carbocycles. The van der Waals surface area contributed by atoms with Gasteiger partial charge in [0.05, 0.1) is 18.4 Å². The molecule has 0 aliphatic carbocycles. The molecule has 1 aromatic heterocycles. The van der Waals surface area contributed by atoms with Crippen molar-refractivity contribution in [2.24, 2.45) is 5.41 Å². The molecule has 0 bridgehead atoms. The van der Waals surface area contributed by atoms with Crippen molar-refractivity contribution in [1.82, 2.24) is 14.9 Å². The van der Waals surface area contributed by atoms with Gasteiger partial charge in [-0.05, 0) is 19.3 Å². The predicted octanol–water partition coefficient (Wildman–Crippen LogP) is 0.781. The Morgan fingerprint density at radius 3 is 2.95 bits per heavy atom. The smallest absolute Gasteiger partial charge is 0.222 e. The fourth-order valence-corrected chi connectivity index (χ4v) is 3.19. The highest BCUT2D eigenvalue weighted by Gasteiger charge is 2.42. The van der Waals surface area contributed by atoms with Crippen LogP contribution in [0.4, 0.5) is 0 Å². The number of likely N-dealkylation sites (tertiary alicyclic amines) is 1. The zero-order chi connectivity index (χ0) is 16.0. The second kappa shape index (κ2) is 7.65. The minimum atomic E-state index is -0.574. The number of piperidine rings is 1. The largest absolute Gasteiger partial charge is 0.396 e. The Morgan fingerprint density at radius 1 is 1.50 bits per heavy atom. The van der Waals surface area contributed by atoms with Crippen LogP contribution >= 0.6 is 0 Å². The van der Waals surface area contributed by atoms with Gasteiger partial charge in [-0.25, -0.2) is 0 Å². The predicted molar refractivity (Wildman–Crippen MR) is 82.0 cm³/mol. The van der Waals surface area contributed by atoms with E-state index in [0.717, 1.165) is 18.5 Å². The fraction of sp³-hybridized carbons (Fsp3) is 0.688. The molecule has 0 saturated carbocycles. The van der Waals surface area contributed by atoms with Crippen molar-refractivity contribution in [2.45, 2.75) is 45.1 Å². The molecule has 22 heavy (non-hydrogen) atoms. The zero-order valence-corrected chi connectivity index (χ0v) is 13.1. The summed E-state index contributed by atoms with van der Waals surface area (Å²) in [5.41, 5.74) is 0.227. The van der Waals surface area contributed by atoms with E-state index in [9.17, 15) is 15.0 Å². The van der Waals surface area contributed by atoms with E-state index < -0.39 is 11.5 Å². The Kier molecular flexibility index (Phi) is 5.85. The van der Waals surface area contributed by atoms with Crippen LogP contribution in [0.15, 0.2) is 18.6 Å². The number of amides is 1. The molecule has 2 rings (SSSR count). The number of carbonyl (C=O) groups is 1. The van der Waals surface area contributed by atoms with Crippen molar-refractivity contribution >= 4 is 5.91 Å². The minimum absolute atomic E-state index is 0.0477.